The minimum absolute atomic E-state index is 0.0548. The molecular formula is C15H15ClN4O. The molecule has 3 rings (SSSR count). The van der Waals surface area contributed by atoms with E-state index in [1.807, 2.05) is 24.3 Å². The number of nitrogen functional groups attached to an aromatic ring is 1. The minimum atomic E-state index is -0.0548. The van der Waals surface area contributed by atoms with Crippen molar-refractivity contribution < 1.29 is 4.79 Å². The van der Waals surface area contributed by atoms with Gasteiger partial charge in [-0.15, -0.1) is 0 Å². The molecule has 2 amide bonds. The van der Waals surface area contributed by atoms with E-state index in [9.17, 15) is 4.79 Å². The smallest absolute Gasteiger partial charge is 0.324 e. The van der Waals surface area contributed by atoms with E-state index in [1.165, 1.54) is 0 Å². The van der Waals surface area contributed by atoms with Crippen LogP contribution in [0.15, 0.2) is 42.7 Å². The fourth-order valence-electron chi connectivity index (χ4n) is 2.42. The number of urea groups is 1. The first-order valence-electron chi connectivity index (χ1n) is 6.66. The van der Waals surface area contributed by atoms with E-state index in [-0.39, 0.29) is 6.03 Å². The molecule has 5 nitrogen and oxygen atoms in total. The lowest BCUT2D eigenvalue weighted by Crippen LogP contribution is -2.31. The molecule has 1 fully saturated rings. The van der Waals surface area contributed by atoms with Crippen molar-refractivity contribution in [1.82, 2.24) is 9.88 Å². The summed E-state index contributed by atoms with van der Waals surface area (Å²) in [4.78, 5) is 19.9. The Hall–Kier alpha value is -2.27. The average Bonchev–Trinajstić information content (AvgIpc) is 2.83. The van der Waals surface area contributed by atoms with Crippen LogP contribution >= 0.6 is 11.6 Å². The van der Waals surface area contributed by atoms with Crippen LogP contribution in [0.3, 0.4) is 0 Å². The molecule has 1 aromatic heterocycles. The Balaban J connectivity index is 1.78. The predicted octanol–water partition coefficient (Wildman–Crippen LogP) is 2.76. The first-order valence-corrected chi connectivity index (χ1v) is 7.04. The van der Waals surface area contributed by atoms with Gasteiger partial charge in [0.1, 0.15) is 0 Å². The van der Waals surface area contributed by atoms with Crippen LogP contribution in [-0.4, -0.2) is 29.0 Å². The zero-order chi connectivity index (χ0) is 14.8. The number of hydrogen-bond acceptors (Lipinski definition) is 3. The SMILES string of the molecule is Nc1ccccc1N1CCN(Cc2ccncc2Cl)C1=O. The lowest BCUT2D eigenvalue weighted by atomic mass is 10.2. The molecule has 0 spiro atoms. The van der Waals surface area contributed by atoms with E-state index in [0.29, 0.717) is 30.3 Å². The van der Waals surface area contributed by atoms with E-state index >= 15 is 0 Å². The zero-order valence-corrected chi connectivity index (χ0v) is 12.1. The summed E-state index contributed by atoms with van der Waals surface area (Å²) in [5.41, 5.74) is 8.20. The predicted molar refractivity (Wildman–Crippen MR) is 83.3 cm³/mol. The molecule has 21 heavy (non-hydrogen) atoms. The van der Waals surface area contributed by atoms with Gasteiger partial charge in [-0.1, -0.05) is 23.7 Å². The van der Waals surface area contributed by atoms with Crippen molar-refractivity contribution >= 4 is 29.0 Å². The molecule has 1 aliphatic rings. The molecule has 2 N–H and O–H groups in total. The van der Waals surface area contributed by atoms with Crippen LogP contribution in [0.2, 0.25) is 5.02 Å². The van der Waals surface area contributed by atoms with E-state index in [4.69, 9.17) is 17.3 Å². The second kappa shape index (κ2) is 5.61. The number of anilines is 2. The van der Waals surface area contributed by atoms with Gasteiger partial charge in [-0.2, -0.15) is 0 Å². The minimum Gasteiger partial charge on any atom is -0.397 e. The maximum Gasteiger partial charge on any atom is 0.324 e. The first kappa shape index (κ1) is 13.7. The van der Waals surface area contributed by atoms with Crippen molar-refractivity contribution in [1.29, 1.82) is 0 Å². The second-order valence-corrected chi connectivity index (χ2v) is 5.29. The topological polar surface area (TPSA) is 62.5 Å². The standard InChI is InChI=1S/C15H15ClN4O/c16-12-9-18-6-5-11(12)10-19-7-8-20(15(19)21)14-4-2-1-3-13(14)17/h1-6,9H,7-8,10,17H2. The van der Waals surface area contributed by atoms with Crippen molar-refractivity contribution in [2.45, 2.75) is 6.54 Å². The highest BCUT2D eigenvalue weighted by Crippen LogP contribution is 2.27. The highest BCUT2D eigenvalue weighted by atomic mass is 35.5. The van der Waals surface area contributed by atoms with Crippen LogP contribution in [0, 0.1) is 0 Å². The Bertz CT molecular complexity index is 676. The molecule has 2 aromatic rings. The van der Waals surface area contributed by atoms with Crippen LogP contribution in [0.25, 0.3) is 0 Å². The average molecular weight is 303 g/mol. The van der Waals surface area contributed by atoms with Gasteiger partial charge in [0.05, 0.1) is 16.4 Å². The summed E-state index contributed by atoms with van der Waals surface area (Å²) >= 11 is 6.09. The number of aromatic nitrogens is 1. The molecule has 108 valence electrons. The molecule has 0 radical (unpaired) electrons. The number of rotatable bonds is 3. The largest absolute Gasteiger partial charge is 0.397 e. The van der Waals surface area contributed by atoms with E-state index in [0.717, 1.165) is 11.3 Å². The maximum absolute atomic E-state index is 12.5. The molecule has 0 aliphatic carbocycles. The van der Waals surface area contributed by atoms with Gasteiger partial charge in [0.25, 0.3) is 0 Å². The monoisotopic (exact) mass is 302 g/mol. The van der Waals surface area contributed by atoms with E-state index in [2.05, 4.69) is 4.98 Å². The number of hydrogen-bond donors (Lipinski definition) is 1. The van der Waals surface area contributed by atoms with Gasteiger partial charge in [0, 0.05) is 32.0 Å². The summed E-state index contributed by atoms with van der Waals surface area (Å²) in [6, 6.07) is 9.16. The number of benzene rings is 1. The third-order valence-electron chi connectivity index (χ3n) is 3.54. The second-order valence-electron chi connectivity index (χ2n) is 4.88. The third kappa shape index (κ3) is 2.64. The Morgan fingerprint density at radius 3 is 2.81 bits per heavy atom. The van der Waals surface area contributed by atoms with Crippen LogP contribution < -0.4 is 10.6 Å². The summed E-state index contributed by atoms with van der Waals surface area (Å²) in [6.45, 7) is 1.74. The van der Waals surface area contributed by atoms with Crippen LogP contribution in [0.5, 0.6) is 0 Å². The van der Waals surface area contributed by atoms with Crippen molar-refractivity contribution in [3.05, 3.63) is 53.3 Å². The Labute approximate surface area is 127 Å². The molecular weight excluding hydrogens is 288 g/mol. The van der Waals surface area contributed by atoms with Gasteiger partial charge in [0.2, 0.25) is 0 Å². The Morgan fingerprint density at radius 2 is 2.05 bits per heavy atom. The Kier molecular flexibility index (Phi) is 3.66. The number of carbonyl (C=O) groups excluding carboxylic acids is 1. The van der Waals surface area contributed by atoms with Gasteiger partial charge < -0.3 is 10.6 Å². The number of carbonyl (C=O) groups is 1. The van der Waals surface area contributed by atoms with Gasteiger partial charge in [-0.3, -0.25) is 9.88 Å². The number of amides is 2. The molecule has 0 unspecified atom stereocenters. The summed E-state index contributed by atoms with van der Waals surface area (Å²) < 4.78 is 0. The quantitative estimate of drug-likeness (QED) is 0.887. The molecule has 0 atom stereocenters. The van der Waals surface area contributed by atoms with Crippen molar-refractivity contribution in [3.8, 4) is 0 Å². The maximum atomic E-state index is 12.5. The van der Waals surface area contributed by atoms with Crippen molar-refractivity contribution in [2.24, 2.45) is 0 Å². The van der Waals surface area contributed by atoms with Crippen LogP contribution in [0.4, 0.5) is 16.2 Å². The van der Waals surface area contributed by atoms with Crippen molar-refractivity contribution in [2.75, 3.05) is 23.7 Å². The molecule has 1 aromatic carbocycles. The molecule has 1 saturated heterocycles. The lowest BCUT2D eigenvalue weighted by Gasteiger charge is -2.20. The normalized spacial score (nSPS) is 14.8. The number of nitrogens with two attached hydrogens (primary N) is 1. The van der Waals surface area contributed by atoms with E-state index in [1.54, 1.807) is 28.3 Å². The fraction of sp³-hybridized carbons (Fsp3) is 0.200. The number of para-hydroxylation sites is 2. The number of nitrogens with zero attached hydrogens (tertiary/aromatic N) is 3. The molecule has 0 saturated carbocycles. The molecule has 2 heterocycles. The number of halogens is 1. The molecule has 6 heteroatoms. The lowest BCUT2D eigenvalue weighted by molar-refractivity contribution is 0.219. The highest BCUT2D eigenvalue weighted by Gasteiger charge is 2.30. The first-order chi connectivity index (χ1) is 10.2. The fourth-order valence-corrected chi connectivity index (χ4v) is 2.60. The third-order valence-corrected chi connectivity index (χ3v) is 3.88. The summed E-state index contributed by atoms with van der Waals surface area (Å²) in [5.74, 6) is 0. The summed E-state index contributed by atoms with van der Waals surface area (Å²) in [6.07, 6.45) is 3.26. The van der Waals surface area contributed by atoms with Gasteiger partial charge in [-0.05, 0) is 23.8 Å². The van der Waals surface area contributed by atoms with Gasteiger partial charge >= 0.3 is 6.03 Å². The summed E-state index contributed by atoms with van der Waals surface area (Å²) in [5, 5.41) is 0.572. The Morgan fingerprint density at radius 1 is 1.24 bits per heavy atom. The van der Waals surface area contributed by atoms with Crippen LogP contribution in [0.1, 0.15) is 5.56 Å². The zero-order valence-electron chi connectivity index (χ0n) is 11.4. The molecule has 0 bridgehead atoms. The van der Waals surface area contributed by atoms with Gasteiger partial charge in [0.15, 0.2) is 0 Å². The van der Waals surface area contributed by atoms with Crippen molar-refractivity contribution in [3.63, 3.8) is 0 Å². The highest BCUT2D eigenvalue weighted by molar-refractivity contribution is 6.31. The molecule has 1 aliphatic heterocycles. The van der Waals surface area contributed by atoms with Crippen LogP contribution in [-0.2, 0) is 6.54 Å². The van der Waals surface area contributed by atoms with Gasteiger partial charge in [-0.25, -0.2) is 4.79 Å². The summed E-state index contributed by atoms with van der Waals surface area (Å²) in [7, 11) is 0. The van der Waals surface area contributed by atoms with E-state index < -0.39 is 0 Å². The number of pyridine rings is 1.